The van der Waals surface area contributed by atoms with Crippen molar-refractivity contribution < 1.29 is 4.74 Å². The van der Waals surface area contributed by atoms with Crippen molar-refractivity contribution in [3.05, 3.63) is 24.3 Å². The van der Waals surface area contributed by atoms with Crippen LogP contribution in [0.4, 0.5) is 5.69 Å². The van der Waals surface area contributed by atoms with Gasteiger partial charge in [0.15, 0.2) is 0 Å². The van der Waals surface area contributed by atoms with Crippen LogP contribution in [0.3, 0.4) is 0 Å². The molecule has 3 nitrogen and oxygen atoms in total. The molecular formula is C14H22N2O. The number of ether oxygens (including phenoxy) is 1. The van der Waals surface area contributed by atoms with Crippen LogP contribution in [0.15, 0.2) is 24.3 Å². The Morgan fingerprint density at radius 3 is 3.12 bits per heavy atom. The third-order valence-corrected chi connectivity index (χ3v) is 3.27. The van der Waals surface area contributed by atoms with Crippen molar-refractivity contribution in [2.75, 3.05) is 38.2 Å². The van der Waals surface area contributed by atoms with E-state index in [4.69, 9.17) is 4.74 Å². The maximum atomic E-state index is 5.54. The summed E-state index contributed by atoms with van der Waals surface area (Å²) in [6.45, 7) is 6.16. The van der Waals surface area contributed by atoms with Crippen LogP contribution < -0.4 is 15.0 Å². The fourth-order valence-corrected chi connectivity index (χ4v) is 2.46. The Labute approximate surface area is 104 Å². The Morgan fingerprint density at radius 1 is 1.47 bits per heavy atom. The molecule has 1 heterocycles. The van der Waals surface area contributed by atoms with E-state index in [1.807, 2.05) is 20.0 Å². The Morgan fingerprint density at radius 2 is 2.35 bits per heavy atom. The predicted octanol–water partition coefficient (Wildman–Crippen LogP) is 2.13. The average molecular weight is 234 g/mol. The zero-order valence-corrected chi connectivity index (χ0v) is 10.8. The molecule has 0 bridgehead atoms. The topological polar surface area (TPSA) is 24.5 Å². The molecule has 94 valence electrons. The highest BCUT2D eigenvalue weighted by Crippen LogP contribution is 2.26. The van der Waals surface area contributed by atoms with Crippen LogP contribution in [0.2, 0.25) is 0 Å². The summed E-state index contributed by atoms with van der Waals surface area (Å²) in [5.74, 6) is 1.75. The normalized spacial score (nSPS) is 19.6. The van der Waals surface area contributed by atoms with Gasteiger partial charge >= 0.3 is 0 Å². The Hall–Kier alpha value is -1.22. The summed E-state index contributed by atoms with van der Waals surface area (Å²) in [7, 11) is 2.03. The van der Waals surface area contributed by atoms with E-state index in [2.05, 4.69) is 28.4 Å². The van der Waals surface area contributed by atoms with Gasteiger partial charge in [0.05, 0.1) is 6.61 Å². The van der Waals surface area contributed by atoms with Gasteiger partial charge in [-0.15, -0.1) is 0 Å². The van der Waals surface area contributed by atoms with E-state index in [1.165, 1.54) is 12.1 Å². The largest absolute Gasteiger partial charge is 0.494 e. The number of nitrogens with one attached hydrogen (secondary N) is 1. The van der Waals surface area contributed by atoms with E-state index in [0.29, 0.717) is 0 Å². The van der Waals surface area contributed by atoms with Crippen LogP contribution in [0, 0.1) is 5.92 Å². The number of nitrogens with zero attached hydrogens (tertiary/aromatic N) is 1. The summed E-state index contributed by atoms with van der Waals surface area (Å²) < 4.78 is 5.54. The van der Waals surface area contributed by atoms with Crippen LogP contribution in [0.1, 0.15) is 13.3 Å². The predicted molar refractivity (Wildman–Crippen MR) is 71.9 cm³/mol. The minimum atomic E-state index is 0.728. The lowest BCUT2D eigenvalue weighted by atomic mass is 10.1. The lowest BCUT2D eigenvalue weighted by Crippen LogP contribution is -2.24. The van der Waals surface area contributed by atoms with Gasteiger partial charge in [0.25, 0.3) is 0 Å². The number of rotatable bonds is 5. The summed E-state index contributed by atoms with van der Waals surface area (Å²) in [5.41, 5.74) is 1.29. The van der Waals surface area contributed by atoms with E-state index in [-0.39, 0.29) is 0 Å². The molecule has 1 N–H and O–H groups in total. The fraction of sp³-hybridized carbons (Fsp3) is 0.571. The molecule has 0 aromatic heterocycles. The maximum absolute atomic E-state index is 5.54. The maximum Gasteiger partial charge on any atom is 0.121 e. The molecule has 3 heteroatoms. The smallest absolute Gasteiger partial charge is 0.121 e. The molecule has 1 unspecified atom stereocenters. The number of anilines is 1. The lowest BCUT2D eigenvalue weighted by molar-refractivity contribution is 0.340. The van der Waals surface area contributed by atoms with Gasteiger partial charge in [-0.25, -0.2) is 0 Å². The molecule has 0 radical (unpaired) electrons. The van der Waals surface area contributed by atoms with E-state index < -0.39 is 0 Å². The minimum Gasteiger partial charge on any atom is -0.494 e. The van der Waals surface area contributed by atoms with E-state index in [9.17, 15) is 0 Å². The van der Waals surface area contributed by atoms with Gasteiger partial charge in [0.2, 0.25) is 0 Å². The molecule has 1 atom stereocenters. The monoisotopic (exact) mass is 234 g/mol. The third-order valence-electron chi connectivity index (χ3n) is 3.27. The molecule has 0 aliphatic carbocycles. The first-order valence-corrected chi connectivity index (χ1v) is 6.46. The van der Waals surface area contributed by atoms with Gasteiger partial charge in [0, 0.05) is 24.8 Å². The van der Waals surface area contributed by atoms with Crippen LogP contribution in [0.25, 0.3) is 0 Å². The summed E-state index contributed by atoms with van der Waals surface area (Å²) in [6, 6.07) is 8.41. The first-order valence-electron chi connectivity index (χ1n) is 6.46. The summed E-state index contributed by atoms with van der Waals surface area (Å²) in [6.07, 6.45) is 1.28. The number of hydrogen-bond donors (Lipinski definition) is 1. The van der Waals surface area contributed by atoms with Crippen LogP contribution in [-0.4, -0.2) is 33.3 Å². The molecule has 1 saturated heterocycles. The summed E-state index contributed by atoms with van der Waals surface area (Å²) >= 11 is 0. The standard InChI is InChI=1S/C14H22N2O/c1-3-17-14-6-4-5-13(9-14)16-8-7-12(11-16)10-15-2/h4-6,9,12,15H,3,7-8,10-11H2,1-2H3. The number of hydrogen-bond acceptors (Lipinski definition) is 3. The zero-order valence-electron chi connectivity index (χ0n) is 10.8. The van der Waals surface area contributed by atoms with E-state index in [1.54, 1.807) is 0 Å². The van der Waals surface area contributed by atoms with Gasteiger partial charge in [-0.1, -0.05) is 6.07 Å². The summed E-state index contributed by atoms with van der Waals surface area (Å²) in [4.78, 5) is 2.45. The minimum absolute atomic E-state index is 0.728. The third kappa shape index (κ3) is 3.13. The first kappa shape index (κ1) is 12.2. The van der Waals surface area contributed by atoms with Crippen LogP contribution in [0.5, 0.6) is 5.75 Å². The fourth-order valence-electron chi connectivity index (χ4n) is 2.46. The Balaban J connectivity index is 2.00. The van der Waals surface area contributed by atoms with E-state index in [0.717, 1.165) is 37.9 Å². The second-order valence-corrected chi connectivity index (χ2v) is 4.59. The van der Waals surface area contributed by atoms with Crippen LogP contribution in [-0.2, 0) is 0 Å². The zero-order chi connectivity index (χ0) is 12.1. The molecule has 1 aliphatic heterocycles. The molecule has 1 aliphatic rings. The Kier molecular flexibility index (Phi) is 4.26. The highest BCUT2D eigenvalue weighted by atomic mass is 16.5. The van der Waals surface area contributed by atoms with Gasteiger partial charge in [-0.05, 0) is 45.0 Å². The van der Waals surface area contributed by atoms with Crippen molar-refractivity contribution in [2.24, 2.45) is 5.92 Å². The molecule has 17 heavy (non-hydrogen) atoms. The molecule has 1 aromatic rings. The molecule has 1 fully saturated rings. The van der Waals surface area contributed by atoms with Gasteiger partial charge in [0.1, 0.15) is 5.75 Å². The highest BCUT2D eigenvalue weighted by molar-refractivity contribution is 5.51. The number of benzene rings is 1. The van der Waals surface area contributed by atoms with Crippen LogP contribution >= 0.6 is 0 Å². The lowest BCUT2D eigenvalue weighted by Gasteiger charge is -2.19. The molecule has 0 spiro atoms. The first-order chi connectivity index (χ1) is 8.33. The van der Waals surface area contributed by atoms with Crippen molar-refractivity contribution in [2.45, 2.75) is 13.3 Å². The van der Waals surface area contributed by atoms with Crippen molar-refractivity contribution in [3.63, 3.8) is 0 Å². The van der Waals surface area contributed by atoms with Gasteiger partial charge < -0.3 is 15.0 Å². The second kappa shape index (κ2) is 5.92. The Bertz CT molecular complexity index is 354. The molecule has 1 aromatic carbocycles. The molecule has 0 amide bonds. The van der Waals surface area contributed by atoms with Crippen molar-refractivity contribution in [1.82, 2.24) is 5.32 Å². The second-order valence-electron chi connectivity index (χ2n) is 4.59. The summed E-state index contributed by atoms with van der Waals surface area (Å²) in [5, 5.41) is 3.26. The van der Waals surface area contributed by atoms with E-state index >= 15 is 0 Å². The molecular weight excluding hydrogens is 212 g/mol. The van der Waals surface area contributed by atoms with Gasteiger partial charge in [-0.2, -0.15) is 0 Å². The van der Waals surface area contributed by atoms with Crippen molar-refractivity contribution in [1.29, 1.82) is 0 Å². The quantitative estimate of drug-likeness (QED) is 0.844. The SMILES string of the molecule is CCOc1cccc(N2CCC(CNC)C2)c1. The molecule has 0 saturated carbocycles. The van der Waals surface area contributed by atoms with Crippen molar-refractivity contribution in [3.8, 4) is 5.75 Å². The van der Waals surface area contributed by atoms with Crippen molar-refractivity contribution >= 4 is 5.69 Å². The molecule has 2 rings (SSSR count). The average Bonchev–Trinajstić information content (AvgIpc) is 2.79. The highest BCUT2D eigenvalue weighted by Gasteiger charge is 2.22. The van der Waals surface area contributed by atoms with Gasteiger partial charge in [-0.3, -0.25) is 0 Å².